The van der Waals surface area contributed by atoms with Crippen LogP contribution in [0.3, 0.4) is 0 Å². The standard InChI is InChI=1S/C15H11Cl2N3/c1-9-14(11-6-5-10(16)8-12(11)17)20-15(19-9)13-4-2-3-7-18-13/h2-8H,1H3,(H,19,20). The highest BCUT2D eigenvalue weighted by Crippen LogP contribution is 2.32. The van der Waals surface area contributed by atoms with Crippen molar-refractivity contribution in [2.24, 2.45) is 0 Å². The lowest BCUT2D eigenvalue weighted by atomic mass is 10.1. The van der Waals surface area contributed by atoms with Crippen LogP contribution in [-0.4, -0.2) is 15.0 Å². The van der Waals surface area contributed by atoms with Crippen LogP contribution in [0.1, 0.15) is 5.69 Å². The predicted molar refractivity (Wildman–Crippen MR) is 82.0 cm³/mol. The maximum atomic E-state index is 6.24. The van der Waals surface area contributed by atoms with Crippen LogP contribution in [0, 0.1) is 6.92 Å². The second-order valence-corrected chi connectivity index (χ2v) is 5.24. The zero-order valence-corrected chi connectivity index (χ0v) is 12.2. The van der Waals surface area contributed by atoms with Gasteiger partial charge in [0.1, 0.15) is 5.69 Å². The summed E-state index contributed by atoms with van der Waals surface area (Å²) >= 11 is 12.2. The largest absolute Gasteiger partial charge is 0.340 e. The number of aromatic nitrogens is 3. The molecule has 1 aromatic carbocycles. The number of rotatable bonds is 2. The molecule has 0 amide bonds. The molecule has 20 heavy (non-hydrogen) atoms. The molecule has 0 atom stereocenters. The van der Waals surface area contributed by atoms with Gasteiger partial charge < -0.3 is 4.98 Å². The van der Waals surface area contributed by atoms with Gasteiger partial charge in [0.05, 0.1) is 10.7 Å². The number of benzene rings is 1. The monoisotopic (exact) mass is 303 g/mol. The Hall–Kier alpha value is -1.84. The predicted octanol–water partition coefficient (Wildman–Crippen LogP) is 4.75. The van der Waals surface area contributed by atoms with Crippen molar-refractivity contribution in [2.45, 2.75) is 6.92 Å². The third-order valence-electron chi connectivity index (χ3n) is 2.98. The minimum atomic E-state index is 0.583. The van der Waals surface area contributed by atoms with E-state index >= 15 is 0 Å². The van der Waals surface area contributed by atoms with Crippen molar-refractivity contribution in [1.29, 1.82) is 0 Å². The Labute approximate surface area is 126 Å². The number of H-pyrrole nitrogens is 1. The maximum Gasteiger partial charge on any atom is 0.156 e. The van der Waals surface area contributed by atoms with Crippen LogP contribution in [0.5, 0.6) is 0 Å². The zero-order chi connectivity index (χ0) is 14.1. The number of aromatic amines is 1. The number of hydrogen-bond donors (Lipinski definition) is 1. The highest BCUT2D eigenvalue weighted by atomic mass is 35.5. The topological polar surface area (TPSA) is 41.6 Å². The molecule has 0 saturated carbocycles. The van der Waals surface area contributed by atoms with Crippen LogP contribution < -0.4 is 0 Å². The average molecular weight is 304 g/mol. The SMILES string of the molecule is Cc1[nH]c(-c2ccccn2)nc1-c1ccc(Cl)cc1Cl. The number of nitrogens with zero attached hydrogens (tertiary/aromatic N) is 2. The molecule has 0 aliphatic heterocycles. The van der Waals surface area contributed by atoms with Gasteiger partial charge >= 0.3 is 0 Å². The Balaban J connectivity index is 2.10. The number of nitrogens with one attached hydrogen (secondary N) is 1. The number of imidazole rings is 1. The van der Waals surface area contributed by atoms with Gasteiger partial charge in [-0.25, -0.2) is 4.98 Å². The summed E-state index contributed by atoms with van der Waals surface area (Å²) in [5.41, 5.74) is 3.40. The molecule has 3 nitrogen and oxygen atoms in total. The Morgan fingerprint density at radius 3 is 2.65 bits per heavy atom. The van der Waals surface area contributed by atoms with Crippen LogP contribution in [0.15, 0.2) is 42.6 Å². The molecule has 0 fully saturated rings. The summed E-state index contributed by atoms with van der Waals surface area (Å²) < 4.78 is 0. The van der Waals surface area contributed by atoms with Gasteiger partial charge in [-0.05, 0) is 37.3 Å². The first-order valence-electron chi connectivity index (χ1n) is 6.08. The first kappa shape index (κ1) is 13.2. The molecule has 3 aromatic rings. The van der Waals surface area contributed by atoms with Gasteiger partial charge in [-0.15, -0.1) is 0 Å². The molecule has 0 bridgehead atoms. The first-order valence-corrected chi connectivity index (χ1v) is 6.84. The molecule has 100 valence electrons. The number of hydrogen-bond acceptors (Lipinski definition) is 2. The summed E-state index contributed by atoms with van der Waals surface area (Å²) in [7, 11) is 0. The lowest BCUT2D eigenvalue weighted by Crippen LogP contribution is -1.84. The van der Waals surface area contributed by atoms with E-state index in [0.29, 0.717) is 10.0 Å². The van der Waals surface area contributed by atoms with Crippen molar-refractivity contribution >= 4 is 23.2 Å². The van der Waals surface area contributed by atoms with E-state index < -0.39 is 0 Å². The zero-order valence-electron chi connectivity index (χ0n) is 10.7. The van der Waals surface area contributed by atoms with Crippen molar-refractivity contribution in [3.05, 3.63) is 58.3 Å². The highest BCUT2D eigenvalue weighted by molar-refractivity contribution is 6.36. The second kappa shape index (κ2) is 5.27. The number of pyridine rings is 1. The third-order valence-corrected chi connectivity index (χ3v) is 3.53. The summed E-state index contributed by atoms with van der Waals surface area (Å²) in [5, 5.41) is 1.19. The molecule has 0 aliphatic carbocycles. The molecular weight excluding hydrogens is 293 g/mol. The fraction of sp³-hybridized carbons (Fsp3) is 0.0667. The van der Waals surface area contributed by atoms with Crippen LogP contribution in [0.25, 0.3) is 22.8 Å². The van der Waals surface area contributed by atoms with Crippen LogP contribution >= 0.6 is 23.2 Å². The lowest BCUT2D eigenvalue weighted by Gasteiger charge is -2.02. The van der Waals surface area contributed by atoms with E-state index in [2.05, 4.69) is 15.0 Å². The van der Waals surface area contributed by atoms with E-state index in [9.17, 15) is 0 Å². The van der Waals surface area contributed by atoms with Gasteiger partial charge in [0, 0.05) is 22.5 Å². The van der Waals surface area contributed by atoms with E-state index in [1.54, 1.807) is 18.3 Å². The highest BCUT2D eigenvalue weighted by Gasteiger charge is 2.13. The molecular formula is C15H11Cl2N3. The van der Waals surface area contributed by atoms with Crippen molar-refractivity contribution < 1.29 is 0 Å². The molecule has 3 rings (SSSR count). The summed E-state index contributed by atoms with van der Waals surface area (Å²) in [5.74, 6) is 0.726. The van der Waals surface area contributed by atoms with Gasteiger partial charge in [-0.2, -0.15) is 0 Å². The van der Waals surface area contributed by atoms with Gasteiger partial charge in [0.25, 0.3) is 0 Å². The summed E-state index contributed by atoms with van der Waals surface area (Å²) in [4.78, 5) is 12.1. The van der Waals surface area contributed by atoms with Crippen molar-refractivity contribution in [2.75, 3.05) is 0 Å². The summed E-state index contributed by atoms with van der Waals surface area (Å²) in [6, 6.07) is 11.1. The maximum absolute atomic E-state index is 6.24. The molecule has 2 heterocycles. The van der Waals surface area contributed by atoms with Crippen LogP contribution in [0.2, 0.25) is 10.0 Å². The molecule has 0 spiro atoms. The fourth-order valence-corrected chi connectivity index (χ4v) is 2.53. The molecule has 0 aliphatic rings. The van der Waals surface area contributed by atoms with E-state index in [-0.39, 0.29) is 0 Å². The van der Waals surface area contributed by atoms with Gasteiger partial charge in [-0.3, -0.25) is 4.98 Å². The number of halogens is 2. The molecule has 0 saturated heterocycles. The molecule has 0 radical (unpaired) electrons. The quantitative estimate of drug-likeness (QED) is 0.742. The molecule has 2 aromatic heterocycles. The van der Waals surface area contributed by atoms with Crippen molar-refractivity contribution in [3.63, 3.8) is 0 Å². The Bertz CT molecular complexity index is 751. The Kier molecular flexibility index (Phi) is 3.47. The molecule has 1 N–H and O–H groups in total. The van der Waals surface area contributed by atoms with Crippen LogP contribution in [-0.2, 0) is 0 Å². The second-order valence-electron chi connectivity index (χ2n) is 4.40. The normalized spacial score (nSPS) is 10.8. The summed E-state index contributed by atoms with van der Waals surface area (Å²) in [6.07, 6.45) is 1.74. The minimum absolute atomic E-state index is 0.583. The molecule has 5 heteroatoms. The van der Waals surface area contributed by atoms with Crippen LogP contribution in [0.4, 0.5) is 0 Å². The lowest BCUT2D eigenvalue weighted by molar-refractivity contribution is 1.20. The van der Waals surface area contributed by atoms with E-state index in [1.165, 1.54) is 0 Å². The van der Waals surface area contributed by atoms with Gasteiger partial charge in [0.2, 0.25) is 0 Å². The summed E-state index contributed by atoms with van der Waals surface area (Å²) in [6.45, 7) is 1.96. The van der Waals surface area contributed by atoms with E-state index in [1.807, 2.05) is 31.2 Å². The average Bonchev–Trinajstić information content (AvgIpc) is 2.82. The van der Waals surface area contributed by atoms with Gasteiger partial charge in [-0.1, -0.05) is 29.3 Å². The Morgan fingerprint density at radius 2 is 1.95 bits per heavy atom. The molecule has 0 unspecified atom stereocenters. The van der Waals surface area contributed by atoms with E-state index in [4.69, 9.17) is 23.2 Å². The minimum Gasteiger partial charge on any atom is -0.340 e. The van der Waals surface area contributed by atoms with Crippen molar-refractivity contribution in [1.82, 2.24) is 15.0 Å². The van der Waals surface area contributed by atoms with E-state index in [0.717, 1.165) is 28.5 Å². The third kappa shape index (κ3) is 2.42. The smallest absolute Gasteiger partial charge is 0.156 e. The first-order chi connectivity index (χ1) is 9.65. The fourth-order valence-electron chi connectivity index (χ4n) is 2.03. The number of aryl methyl sites for hydroxylation is 1. The van der Waals surface area contributed by atoms with Crippen molar-refractivity contribution in [3.8, 4) is 22.8 Å². The van der Waals surface area contributed by atoms with Gasteiger partial charge in [0.15, 0.2) is 5.82 Å². The Morgan fingerprint density at radius 1 is 1.10 bits per heavy atom.